The normalized spacial score (nSPS) is 10.3. The number of anilines is 2. The van der Waals surface area contributed by atoms with Crippen LogP contribution in [-0.2, 0) is 0 Å². The van der Waals surface area contributed by atoms with Crippen LogP contribution < -0.4 is 10.2 Å². The van der Waals surface area contributed by atoms with E-state index in [1.54, 1.807) is 0 Å². The molecule has 0 unspecified atom stereocenters. The third-order valence-corrected chi connectivity index (χ3v) is 3.29. The zero-order valence-electron chi connectivity index (χ0n) is 12.6. The Morgan fingerprint density at radius 1 is 1.24 bits per heavy atom. The molecule has 0 atom stereocenters. The third-order valence-electron chi connectivity index (χ3n) is 3.29. The van der Waals surface area contributed by atoms with Crippen LogP contribution in [-0.4, -0.2) is 29.6 Å². The SMILES string of the molecule is CCCNc1nc(N(CC)CCC#N)c2ccccc2n1. The van der Waals surface area contributed by atoms with Crippen molar-refractivity contribution >= 4 is 22.7 Å². The average molecular weight is 283 g/mol. The fourth-order valence-electron chi connectivity index (χ4n) is 2.22. The van der Waals surface area contributed by atoms with Crippen molar-refractivity contribution in [2.45, 2.75) is 26.7 Å². The molecule has 110 valence electrons. The van der Waals surface area contributed by atoms with E-state index in [-0.39, 0.29) is 0 Å². The van der Waals surface area contributed by atoms with Gasteiger partial charge in [0.25, 0.3) is 0 Å². The minimum Gasteiger partial charge on any atom is -0.355 e. The maximum absolute atomic E-state index is 8.82. The first-order valence-electron chi connectivity index (χ1n) is 7.42. The van der Waals surface area contributed by atoms with Gasteiger partial charge in [-0.2, -0.15) is 10.2 Å². The van der Waals surface area contributed by atoms with E-state index in [1.165, 1.54) is 0 Å². The van der Waals surface area contributed by atoms with Crippen molar-refractivity contribution in [2.75, 3.05) is 29.9 Å². The molecule has 0 bridgehead atoms. The molecule has 0 aliphatic rings. The summed E-state index contributed by atoms with van der Waals surface area (Å²) in [7, 11) is 0. The predicted molar refractivity (Wildman–Crippen MR) is 86.4 cm³/mol. The van der Waals surface area contributed by atoms with Gasteiger partial charge in [0, 0.05) is 25.0 Å². The highest BCUT2D eigenvalue weighted by atomic mass is 15.2. The number of fused-ring (bicyclic) bond motifs is 1. The van der Waals surface area contributed by atoms with Crippen molar-refractivity contribution in [1.29, 1.82) is 5.26 Å². The van der Waals surface area contributed by atoms with Crippen LogP contribution in [0.3, 0.4) is 0 Å². The highest BCUT2D eigenvalue weighted by Gasteiger charge is 2.12. The quantitative estimate of drug-likeness (QED) is 0.845. The molecule has 0 radical (unpaired) electrons. The number of aromatic nitrogens is 2. The van der Waals surface area contributed by atoms with E-state index in [0.717, 1.165) is 36.2 Å². The molecule has 0 saturated heterocycles. The van der Waals surface area contributed by atoms with Crippen LogP contribution in [0.15, 0.2) is 24.3 Å². The minimum absolute atomic E-state index is 0.490. The molecule has 2 aromatic rings. The summed E-state index contributed by atoms with van der Waals surface area (Å²) in [6.45, 7) is 6.53. The Morgan fingerprint density at radius 2 is 2.05 bits per heavy atom. The Balaban J connectivity index is 2.45. The fourth-order valence-corrected chi connectivity index (χ4v) is 2.22. The Hall–Kier alpha value is -2.35. The molecular formula is C16H21N5. The third kappa shape index (κ3) is 3.60. The lowest BCUT2D eigenvalue weighted by Gasteiger charge is -2.22. The molecule has 1 N–H and O–H groups in total. The van der Waals surface area contributed by atoms with E-state index in [9.17, 15) is 0 Å². The van der Waals surface area contributed by atoms with Gasteiger partial charge in [0.05, 0.1) is 18.0 Å². The first-order valence-corrected chi connectivity index (χ1v) is 7.42. The number of benzene rings is 1. The Bertz CT molecular complexity index is 632. The molecule has 5 nitrogen and oxygen atoms in total. The van der Waals surface area contributed by atoms with E-state index < -0.39 is 0 Å². The Morgan fingerprint density at radius 3 is 2.76 bits per heavy atom. The summed E-state index contributed by atoms with van der Waals surface area (Å²) in [5, 5.41) is 13.1. The van der Waals surface area contributed by atoms with Crippen molar-refractivity contribution in [1.82, 2.24) is 9.97 Å². The van der Waals surface area contributed by atoms with Crippen LogP contribution in [0.4, 0.5) is 11.8 Å². The molecule has 5 heteroatoms. The standard InChI is InChI=1S/C16H21N5/c1-3-11-18-16-19-14-9-6-5-8-13(14)15(20-16)21(4-2)12-7-10-17/h5-6,8-9H,3-4,7,11-12H2,1-2H3,(H,18,19,20). The lowest BCUT2D eigenvalue weighted by molar-refractivity contribution is 0.812. The largest absolute Gasteiger partial charge is 0.355 e. The van der Waals surface area contributed by atoms with Crippen LogP contribution >= 0.6 is 0 Å². The average Bonchev–Trinajstić information content (AvgIpc) is 2.53. The second-order valence-corrected chi connectivity index (χ2v) is 4.80. The summed E-state index contributed by atoms with van der Waals surface area (Å²) >= 11 is 0. The van der Waals surface area contributed by atoms with Gasteiger partial charge in [-0.25, -0.2) is 4.98 Å². The maximum Gasteiger partial charge on any atom is 0.225 e. The topological polar surface area (TPSA) is 64.8 Å². The summed E-state index contributed by atoms with van der Waals surface area (Å²) in [5.74, 6) is 1.55. The van der Waals surface area contributed by atoms with Crippen molar-refractivity contribution in [2.24, 2.45) is 0 Å². The Kier molecular flexibility index (Phi) is 5.33. The van der Waals surface area contributed by atoms with Gasteiger partial charge in [-0.15, -0.1) is 0 Å². The summed E-state index contributed by atoms with van der Waals surface area (Å²) in [5.41, 5.74) is 0.927. The Labute approximate surface area is 125 Å². The number of nitrogens with zero attached hydrogens (tertiary/aromatic N) is 4. The lowest BCUT2D eigenvalue weighted by atomic mass is 10.2. The van der Waals surface area contributed by atoms with Gasteiger partial charge in [0.15, 0.2) is 0 Å². The molecule has 0 saturated carbocycles. The van der Waals surface area contributed by atoms with Crippen LogP contribution in [0.2, 0.25) is 0 Å². The highest BCUT2D eigenvalue weighted by molar-refractivity contribution is 5.90. The van der Waals surface area contributed by atoms with E-state index in [1.807, 2.05) is 24.3 Å². The number of para-hydroxylation sites is 1. The number of nitriles is 1. The maximum atomic E-state index is 8.82. The highest BCUT2D eigenvalue weighted by Crippen LogP contribution is 2.25. The minimum atomic E-state index is 0.490. The monoisotopic (exact) mass is 283 g/mol. The van der Waals surface area contributed by atoms with Crippen molar-refractivity contribution in [3.8, 4) is 6.07 Å². The van der Waals surface area contributed by atoms with Crippen LogP contribution in [0.25, 0.3) is 10.9 Å². The molecule has 1 aromatic heterocycles. The zero-order valence-corrected chi connectivity index (χ0v) is 12.6. The first kappa shape index (κ1) is 15.0. The van der Waals surface area contributed by atoms with E-state index in [4.69, 9.17) is 5.26 Å². The number of rotatable bonds is 7. The lowest BCUT2D eigenvalue weighted by Crippen LogP contribution is -2.25. The van der Waals surface area contributed by atoms with Gasteiger partial charge in [-0.3, -0.25) is 0 Å². The van der Waals surface area contributed by atoms with Gasteiger partial charge < -0.3 is 10.2 Å². The molecular weight excluding hydrogens is 262 g/mol. The van der Waals surface area contributed by atoms with Crippen LogP contribution in [0.1, 0.15) is 26.7 Å². The summed E-state index contributed by atoms with van der Waals surface area (Å²) in [6, 6.07) is 10.2. The number of hydrogen-bond donors (Lipinski definition) is 1. The van der Waals surface area contributed by atoms with Crippen molar-refractivity contribution < 1.29 is 0 Å². The molecule has 1 aromatic carbocycles. The molecule has 0 fully saturated rings. The summed E-state index contributed by atoms with van der Waals surface area (Å²) in [6.07, 6.45) is 1.52. The number of nitrogens with one attached hydrogen (secondary N) is 1. The van der Waals surface area contributed by atoms with Crippen molar-refractivity contribution in [3.63, 3.8) is 0 Å². The first-order chi connectivity index (χ1) is 10.3. The molecule has 0 aliphatic carbocycles. The smallest absolute Gasteiger partial charge is 0.225 e. The van der Waals surface area contributed by atoms with Gasteiger partial charge in [-0.05, 0) is 25.5 Å². The molecule has 0 amide bonds. The second-order valence-electron chi connectivity index (χ2n) is 4.80. The van der Waals surface area contributed by atoms with E-state index in [2.05, 4.69) is 40.1 Å². The van der Waals surface area contributed by atoms with E-state index in [0.29, 0.717) is 18.9 Å². The van der Waals surface area contributed by atoms with Crippen molar-refractivity contribution in [3.05, 3.63) is 24.3 Å². The molecule has 2 rings (SSSR count). The summed E-state index contributed by atoms with van der Waals surface area (Å²) < 4.78 is 0. The predicted octanol–water partition coefficient (Wildman–Crippen LogP) is 3.19. The van der Waals surface area contributed by atoms with Crippen LogP contribution in [0, 0.1) is 11.3 Å². The van der Waals surface area contributed by atoms with E-state index >= 15 is 0 Å². The molecule has 1 heterocycles. The van der Waals surface area contributed by atoms with Gasteiger partial charge in [-0.1, -0.05) is 19.1 Å². The summed E-state index contributed by atoms with van der Waals surface area (Å²) in [4.78, 5) is 11.3. The molecule has 21 heavy (non-hydrogen) atoms. The van der Waals surface area contributed by atoms with Gasteiger partial charge in [0.1, 0.15) is 5.82 Å². The zero-order chi connectivity index (χ0) is 15.1. The number of hydrogen-bond acceptors (Lipinski definition) is 5. The fraction of sp³-hybridized carbons (Fsp3) is 0.438. The van der Waals surface area contributed by atoms with Crippen LogP contribution in [0.5, 0.6) is 0 Å². The van der Waals surface area contributed by atoms with Gasteiger partial charge in [0.2, 0.25) is 5.95 Å². The van der Waals surface area contributed by atoms with Gasteiger partial charge >= 0.3 is 0 Å². The molecule has 0 spiro atoms. The second kappa shape index (κ2) is 7.44. The molecule has 0 aliphatic heterocycles.